The summed E-state index contributed by atoms with van der Waals surface area (Å²) in [6, 6.07) is 4.88. The minimum atomic E-state index is -0.966. The fraction of sp³-hybridized carbons (Fsp3) is 0.556. The number of ether oxygens (including phenoxy) is 3. The van der Waals surface area contributed by atoms with Crippen LogP contribution in [-0.2, 0) is 14.3 Å². The van der Waals surface area contributed by atoms with Gasteiger partial charge in [0.05, 0.1) is 12.7 Å². The van der Waals surface area contributed by atoms with E-state index in [0.717, 1.165) is 0 Å². The van der Waals surface area contributed by atoms with Gasteiger partial charge in [0, 0.05) is 12.3 Å². The zero-order valence-corrected chi connectivity index (χ0v) is 15.3. The molecule has 1 N–H and O–H groups in total. The molecule has 0 radical (unpaired) electrons. The Bertz CT molecular complexity index is 581. The van der Waals surface area contributed by atoms with E-state index in [4.69, 9.17) is 14.2 Å². The van der Waals surface area contributed by atoms with E-state index < -0.39 is 11.6 Å². The molecule has 0 spiro atoms. The molecule has 0 unspecified atom stereocenters. The molecule has 1 aromatic rings. The maximum atomic E-state index is 12.3. The summed E-state index contributed by atoms with van der Waals surface area (Å²) in [7, 11) is 0. The minimum absolute atomic E-state index is 0.0875. The number of esters is 1. The normalized spacial score (nSPS) is 11.3. The van der Waals surface area contributed by atoms with Gasteiger partial charge in [-0.3, -0.25) is 4.79 Å². The van der Waals surface area contributed by atoms with E-state index in [2.05, 4.69) is 5.32 Å². The maximum Gasteiger partial charge on any atom is 0.341 e. The van der Waals surface area contributed by atoms with Crippen LogP contribution in [0.5, 0.6) is 5.75 Å². The van der Waals surface area contributed by atoms with E-state index in [0.29, 0.717) is 18.0 Å². The highest BCUT2D eigenvalue weighted by Gasteiger charge is 2.28. The minimum Gasteiger partial charge on any atom is -0.490 e. The molecule has 1 rings (SSSR count). The van der Waals surface area contributed by atoms with Crippen LogP contribution in [0.4, 0.5) is 5.69 Å². The van der Waals surface area contributed by atoms with Crippen LogP contribution in [-0.4, -0.2) is 36.8 Å². The number of carbonyl (C=O) groups is 2. The summed E-state index contributed by atoms with van der Waals surface area (Å²) < 4.78 is 16.1. The summed E-state index contributed by atoms with van der Waals surface area (Å²) in [5.41, 5.74) is -0.212. The second kappa shape index (κ2) is 8.68. The zero-order chi connectivity index (χ0) is 18.3. The highest BCUT2D eigenvalue weighted by Crippen LogP contribution is 2.26. The van der Waals surface area contributed by atoms with Gasteiger partial charge in [0.2, 0.25) is 0 Å². The van der Waals surface area contributed by atoms with Crippen molar-refractivity contribution < 1.29 is 23.8 Å². The smallest absolute Gasteiger partial charge is 0.341 e. The van der Waals surface area contributed by atoms with Gasteiger partial charge in [-0.1, -0.05) is 0 Å². The molecular weight excluding hydrogens is 310 g/mol. The Morgan fingerprint density at radius 3 is 2.38 bits per heavy atom. The van der Waals surface area contributed by atoms with Crippen molar-refractivity contribution in [1.82, 2.24) is 0 Å². The lowest BCUT2D eigenvalue weighted by Crippen LogP contribution is -2.39. The quantitative estimate of drug-likeness (QED) is 0.736. The number of anilines is 1. The van der Waals surface area contributed by atoms with Crippen LogP contribution in [0.25, 0.3) is 0 Å². The molecule has 0 heterocycles. The number of hydrogen-bond donors (Lipinski definition) is 1. The summed E-state index contributed by atoms with van der Waals surface area (Å²) >= 11 is 0. The first kappa shape index (κ1) is 20.0. The van der Waals surface area contributed by atoms with Gasteiger partial charge < -0.3 is 19.5 Å². The number of rotatable bonds is 8. The van der Waals surface area contributed by atoms with Crippen LogP contribution in [0.15, 0.2) is 18.2 Å². The molecule has 1 aromatic carbocycles. The van der Waals surface area contributed by atoms with Crippen LogP contribution in [0.1, 0.15) is 51.9 Å². The topological polar surface area (TPSA) is 73.9 Å². The van der Waals surface area contributed by atoms with Crippen LogP contribution in [0, 0.1) is 0 Å². The summed E-state index contributed by atoms with van der Waals surface area (Å²) in [6.45, 7) is 11.4. The average molecular weight is 337 g/mol. The predicted octanol–water partition coefficient (Wildman–Crippen LogP) is 3.40. The van der Waals surface area contributed by atoms with E-state index >= 15 is 0 Å². The summed E-state index contributed by atoms with van der Waals surface area (Å²) in [4.78, 5) is 24.5. The average Bonchev–Trinajstić information content (AvgIpc) is 2.48. The van der Waals surface area contributed by atoms with E-state index in [9.17, 15) is 9.59 Å². The number of benzene rings is 1. The number of hydrogen-bond acceptors (Lipinski definition) is 5. The van der Waals surface area contributed by atoms with Crippen LogP contribution >= 0.6 is 0 Å². The van der Waals surface area contributed by atoms with Gasteiger partial charge in [-0.15, -0.1) is 0 Å². The Morgan fingerprint density at radius 1 is 1.17 bits per heavy atom. The van der Waals surface area contributed by atoms with E-state index in [1.54, 1.807) is 39.0 Å². The van der Waals surface area contributed by atoms with Crippen LogP contribution in [0.3, 0.4) is 0 Å². The van der Waals surface area contributed by atoms with Gasteiger partial charge in [-0.25, -0.2) is 4.79 Å². The number of amides is 1. The first-order valence-corrected chi connectivity index (χ1v) is 8.14. The van der Waals surface area contributed by atoms with E-state index in [-0.39, 0.29) is 24.2 Å². The Hall–Kier alpha value is -2.08. The Labute approximate surface area is 143 Å². The van der Waals surface area contributed by atoms with Crippen LogP contribution in [0.2, 0.25) is 0 Å². The predicted molar refractivity (Wildman–Crippen MR) is 92.5 cm³/mol. The van der Waals surface area contributed by atoms with Crippen LogP contribution < -0.4 is 10.1 Å². The van der Waals surface area contributed by atoms with Gasteiger partial charge in [-0.2, -0.15) is 0 Å². The molecule has 0 aliphatic carbocycles. The molecule has 0 saturated heterocycles. The molecule has 0 fully saturated rings. The summed E-state index contributed by atoms with van der Waals surface area (Å²) in [5, 5.41) is 2.76. The molecule has 0 aromatic heterocycles. The maximum absolute atomic E-state index is 12.3. The third-order valence-electron chi connectivity index (χ3n) is 3.15. The summed E-state index contributed by atoms with van der Waals surface area (Å²) in [6.07, 6.45) is -0.0875. The zero-order valence-electron chi connectivity index (χ0n) is 15.3. The van der Waals surface area contributed by atoms with Crippen molar-refractivity contribution in [1.29, 1.82) is 0 Å². The van der Waals surface area contributed by atoms with Crippen molar-refractivity contribution in [2.45, 2.75) is 53.2 Å². The number of nitrogens with one attached hydrogen (secondary N) is 1. The first-order valence-electron chi connectivity index (χ1n) is 8.14. The SMILES string of the molecule is CCOC(=O)c1cc(NC(=O)C(C)(C)OCC)ccc1OC(C)C. The van der Waals surface area contributed by atoms with Crippen molar-refractivity contribution in [2.24, 2.45) is 0 Å². The molecule has 6 heteroatoms. The van der Waals surface area contributed by atoms with Gasteiger partial charge in [0.25, 0.3) is 5.91 Å². The largest absolute Gasteiger partial charge is 0.490 e. The highest BCUT2D eigenvalue weighted by molar-refractivity contribution is 5.99. The molecule has 0 aliphatic heterocycles. The first-order chi connectivity index (χ1) is 11.2. The standard InChI is InChI=1S/C18H27NO5/c1-7-22-16(20)14-11-13(9-10-15(14)24-12(3)4)19-17(21)18(5,6)23-8-2/h9-12H,7-8H2,1-6H3,(H,19,21). The monoisotopic (exact) mass is 337 g/mol. The van der Waals surface area contributed by atoms with Gasteiger partial charge >= 0.3 is 5.97 Å². The number of carbonyl (C=O) groups excluding carboxylic acids is 2. The van der Waals surface area contributed by atoms with Crippen molar-refractivity contribution in [3.05, 3.63) is 23.8 Å². The fourth-order valence-electron chi connectivity index (χ4n) is 2.04. The molecule has 24 heavy (non-hydrogen) atoms. The fourth-order valence-corrected chi connectivity index (χ4v) is 2.04. The molecule has 0 atom stereocenters. The van der Waals surface area contributed by atoms with Gasteiger partial charge in [0.1, 0.15) is 16.9 Å². The van der Waals surface area contributed by atoms with E-state index in [1.807, 2.05) is 20.8 Å². The summed E-state index contributed by atoms with van der Waals surface area (Å²) in [5.74, 6) is -0.365. The molecule has 0 saturated carbocycles. The second-order valence-electron chi connectivity index (χ2n) is 6.00. The van der Waals surface area contributed by atoms with E-state index in [1.165, 1.54) is 0 Å². The van der Waals surface area contributed by atoms with Gasteiger partial charge in [0.15, 0.2) is 0 Å². The molecule has 1 amide bonds. The molecule has 134 valence electrons. The van der Waals surface area contributed by atoms with Crippen molar-refractivity contribution in [3.63, 3.8) is 0 Å². The second-order valence-corrected chi connectivity index (χ2v) is 6.00. The van der Waals surface area contributed by atoms with Crippen molar-refractivity contribution in [3.8, 4) is 5.75 Å². The third-order valence-corrected chi connectivity index (χ3v) is 3.15. The Morgan fingerprint density at radius 2 is 1.83 bits per heavy atom. The molecule has 0 aliphatic rings. The van der Waals surface area contributed by atoms with Gasteiger partial charge in [-0.05, 0) is 59.7 Å². The highest BCUT2D eigenvalue weighted by atomic mass is 16.5. The molecule has 0 bridgehead atoms. The Kier molecular flexibility index (Phi) is 7.22. The lowest BCUT2D eigenvalue weighted by atomic mass is 10.1. The molecular formula is C18H27NO5. The van der Waals surface area contributed by atoms with Crippen molar-refractivity contribution in [2.75, 3.05) is 18.5 Å². The lowest BCUT2D eigenvalue weighted by molar-refractivity contribution is -0.136. The molecule has 6 nitrogen and oxygen atoms in total. The lowest BCUT2D eigenvalue weighted by Gasteiger charge is -2.23. The third kappa shape index (κ3) is 5.53. The Balaban J connectivity index is 3.07. The van der Waals surface area contributed by atoms with Crippen molar-refractivity contribution >= 4 is 17.6 Å².